The van der Waals surface area contributed by atoms with Crippen LogP contribution in [0.15, 0.2) is 0 Å². The highest BCUT2D eigenvalue weighted by atomic mass is 35.5. The lowest BCUT2D eigenvalue weighted by molar-refractivity contribution is -0.122. The predicted molar refractivity (Wildman–Crippen MR) is 53.9 cm³/mol. The molecule has 4 heteroatoms. The Morgan fingerprint density at radius 2 is 2.23 bits per heavy atom. The van der Waals surface area contributed by atoms with Crippen LogP contribution in [0.25, 0.3) is 0 Å². The minimum Gasteiger partial charge on any atom is -0.394 e. The zero-order chi connectivity index (χ0) is 10.1. The third-order valence-corrected chi connectivity index (χ3v) is 2.13. The monoisotopic (exact) mass is 207 g/mol. The van der Waals surface area contributed by atoms with E-state index in [1.54, 1.807) is 0 Å². The van der Waals surface area contributed by atoms with E-state index in [0.717, 1.165) is 19.3 Å². The lowest BCUT2D eigenvalue weighted by Crippen LogP contribution is -2.36. The largest absolute Gasteiger partial charge is 0.394 e. The van der Waals surface area contributed by atoms with Crippen molar-refractivity contribution in [1.82, 2.24) is 5.32 Å². The van der Waals surface area contributed by atoms with Crippen molar-refractivity contribution >= 4 is 17.5 Å². The Hall–Kier alpha value is -0.280. The second kappa shape index (κ2) is 8.32. The van der Waals surface area contributed by atoms with Gasteiger partial charge in [-0.25, -0.2) is 0 Å². The van der Waals surface area contributed by atoms with Gasteiger partial charge in [0.2, 0.25) is 5.91 Å². The molecule has 1 amide bonds. The summed E-state index contributed by atoms with van der Waals surface area (Å²) < 4.78 is 0. The molecule has 2 N–H and O–H groups in total. The Kier molecular flexibility index (Phi) is 8.14. The number of rotatable bonds is 7. The average molecular weight is 208 g/mol. The molecule has 0 aliphatic heterocycles. The first-order valence-electron chi connectivity index (χ1n) is 4.70. The van der Waals surface area contributed by atoms with Gasteiger partial charge in [0.15, 0.2) is 0 Å². The second-order valence-electron chi connectivity index (χ2n) is 3.00. The van der Waals surface area contributed by atoms with Gasteiger partial charge in [-0.2, -0.15) is 0 Å². The van der Waals surface area contributed by atoms with Crippen LogP contribution in [0.1, 0.15) is 32.6 Å². The van der Waals surface area contributed by atoms with E-state index >= 15 is 0 Å². The third kappa shape index (κ3) is 6.84. The topological polar surface area (TPSA) is 49.3 Å². The van der Waals surface area contributed by atoms with Crippen molar-refractivity contribution in [3.05, 3.63) is 0 Å². The molecule has 0 aliphatic carbocycles. The lowest BCUT2D eigenvalue weighted by Gasteiger charge is -2.13. The number of halogens is 1. The Labute approximate surface area is 84.5 Å². The molecule has 3 nitrogen and oxygen atoms in total. The number of carbonyl (C=O) groups is 1. The highest BCUT2D eigenvalue weighted by molar-refractivity contribution is 6.17. The van der Waals surface area contributed by atoms with E-state index in [2.05, 4.69) is 5.32 Å². The average Bonchev–Trinajstić information content (AvgIpc) is 2.14. The molecule has 0 bridgehead atoms. The summed E-state index contributed by atoms with van der Waals surface area (Å²) in [6.07, 6.45) is 2.95. The van der Waals surface area contributed by atoms with Crippen molar-refractivity contribution in [2.75, 3.05) is 12.5 Å². The van der Waals surface area contributed by atoms with Crippen molar-refractivity contribution in [1.29, 1.82) is 0 Å². The quantitative estimate of drug-likeness (QED) is 0.488. The molecule has 0 fully saturated rings. The summed E-state index contributed by atoms with van der Waals surface area (Å²) in [4.78, 5) is 11.2. The Balaban J connectivity index is 3.48. The fraction of sp³-hybridized carbons (Fsp3) is 0.889. The van der Waals surface area contributed by atoms with Crippen molar-refractivity contribution in [2.45, 2.75) is 38.6 Å². The van der Waals surface area contributed by atoms with Crippen molar-refractivity contribution in [3.63, 3.8) is 0 Å². The zero-order valence-electron chi connectivity index (χ0n) is 8.05. The van der Waals surface area contributed by atoms with Crippen LogP contribution in [0.5, 0.6) is 0 Å². The Bertz CT molecular complexity index is 138. The number of amides is 1. The molecular formula is C9H18ClNO2. The molecule has 1 atom stereocenters. The highest BCUT2D eigenvalue weighted by Gasteiger charge is 2.07. The third-order valence-electron chi connectivity index (χ3n) is 1.87. The molecule has 0 spiro atoms. The van der Waals surface area contributed by atoms with E-state index in [-0.39, 0.29) is 18.6 Å². The number of unbranched alkanes of at least 4 members (excludes halogenated alkanes) is 1. The van der Waals surface area contributed by atoms with Crippen LogP contribution in [0, 0.1) is 0 Å². The van der Waals surface area contributed by atoms with Crippen LogP contribution in [0.3, 0.4) is 0 Å². The molecule has 0 aromatic heterocycles. The summed E-state index contributed by atoms with van der Waals surface area (Å²) in [5, 5.41) is 11.6. The van der Waals surface area contributed by atoms with E-state index in [4.69, 9.17) is 16.7 Å². The van der Waals surface area contributed by atoms with Gasteiger partial charge in [-0.3, -0.25) is 4.79 Å². The molecule has 0 saturated heterocycles. The molecule has 0 saturated carbocycles. The maximum absolute atomic E-state index is 11.2. The molecule has 13 heavy (non-hydrogen) atoms. The predicted octanol–water partition coefficient (Wildman–Crippen LogP) is 1.28. The molecule has 0 radical (unpaired) electrons. The van der Waals surface area contributed by atoms with E-state index < -0.39 is 0 Å². The van der Waals surface area contributed by atoms with E-state index in [1.807, 2.05) is 6.92 Å². The van der Waals surface area contributed by atoms with Crippen LogP contribution in [0.4, 0.5) is 0 Å². The fourth-order valence-corrected chi connectivity index (χ4v) is 1.15. The maximum Gasteiger partial charge on any atom is 0.220 e. The molecule has 0 aromatic rings. The molecular weight excluding hydrogens is 190 g/mol. The van der Waals surface area contributed by atoms with Gasteiger partial charge in [-0.1, -0.05) is 6.92 Å². The number of hydrogen-bond donors (Lipinski definition) is 2. The number of nitrogens with one attached hydrogen (secondary N) is 1. The van der Waals surface area contributed by atoms with Gasteiger partial charge in [-0.05, 0) is 19.3 Å². The zero-order valence-corrected chi connectivity index (χ0v) is 8.81. The van der Waals surface area contributed by atoms with Crippen molar-refractivity contribution in [2.24, 2.45) is 0 Å². The number of aliphatic hydroxyl groups excluding tert-OH is 1. The summed E-state index contributed by atoms with van der Waals surface area (Å²) in [6.45, 7) is 1.94. The van der Waals surface area contributed by atoms with Crippen LogP contribution in [-0.2, 0) is 4.79 Å². The summed E-state index contributed by atoms with van der Waals surface area (Å²) >= 11 is 5.47. The first-order valence-corrected chi connectivity index (χ1v) is 5.24. The van der Waals surface area contributed by atoms with Crippen LogP contribution < -0.4 is 5.32 Å². The molecule has 0 aromatic carbocycles. The van der Waals surface area contributed by atoms with Crippen molar-refractivity contribution < 1.29 is 9.90 Å². The first kappa shape index (κ1) is 12.7. The van der Waals surface area contributed by atoms with Gasteiger partial charge in [0.05, 0.1) is 12.6 Å². The smallest absolute Gasteiger partial charge is 0.220 e. The van der Waals surface area contributed by atoms with Crippen molar-refractivity contribution in [3.8, 4) is 0 Å². The molecule has 0 heterocycles. The lowest BCUT2D eigenvalue weighted by atomic mass is 10.2. The SMILES string of the molecule is CCC(CO)NC(=O)CCCCCl. The van der Waals surface area contributed by atoms with Gasteiger partial charge >= 0.3 is 0 Å². The van der Waals surface area contributed by atoms with Crippen LogP contribution in [0.2, 0.25) is 0 Å². The normalized spacial score (nSPS) is 12.5. The van der Waals surface area contributed by atoms with E-state index in [1.165, 1.54) is 0 Å². The number of alkyl halides is 1. The number of hydrogen-bond acceptors (Lipinski definition) is 2. The number of carbonyl (C=O) groups excluding carboxylic acids is 1. The maximum atomic E-state index is 11.2. The summed E-state index contributed by atoms with van der Waals surface area (Å²) in [7, 11) is 0. The fourth-order valence-electron chi connectivity index (χ4n) is 0.957. The Morgan fingerprint density at radius 3 is 2.69 bits per heavy atom. The second-order valence-corrected chi connectivity index (χ2v) is 3.38. The van der Waals surface area contributed by atoms with Crippen LogP contribution in [-0.4, -0.2) is 29.5 Å². The minimum absolute atomic E-state index is 0.00557. The summed E-state index contributed by atoms with van der Waals surface area (Å²) in [6, 6.07) is -0.0940. The molecule has 1 unspecified atom stereocenters. The molecule has 0 rings (SSSR count). The highest BCUT2D eigenvalue weighted by Crippen LogP contribution is 1.98. The summed E-state index contributed by atoms with van der Waals surface area (Å²) in [5.74, 6) is 0.607. The van der Waals surface area contributed by atoms with Gasteiger partial charge in [-0.15, -0.1) is 11.6 Å². The standard InChI is InChI=1S/C9H18ClNO2/c1-2-8(7-12)11-9(13)5-3-4-6-10/h8,12H,2-7H2,1H3,(H,11,13). The van der Waals surface area contributed by atoms with Gasteiger partial charge in [0, 0.05) is 12.3 Å². The summed E-state index contributed by atoms with van der Waals surface area (Å²) in [5.41, 5.74) is 0. The van der Waals surface area contributed by atoms with Gasteiger partial charge in [0.1, 0.15) is 0 Å². The van der Waals surface area contributed by atoms with Crippen LogP contribution >= 0.6 is 11.6 Å². The molecule has 78 valence electrons. The molecule has 0 aliphatic rings. The number of aliphatic hydroxyl groups is 1. The van der Waals surface area contributed by atoms with E-state index in [0.29, 0.717) is 12.3 Å². The van der Waals surface area contributed by atoms with Gasteiger partial charge in [0.25, 0.3) is 0 Å². The minimum atomic E-state index is -0.0940. The first-order chi connectivity index (χ1) is 6.24. The van der Waals surface area contributed by atoms with Gasteiger partial charge < -0.3 is 10.4 Å². The van der Waals surface area contributed by atoms with E-state index in [9.17, 15) is 4.79 Å². The Morgan fingerprint density at radius 1 is 1.54 bits per heavy atom.